The number of hydrogen-bond donors (Lipinski definition) is 1. The van der Waals surface area contributed by atoms with Gasteiger partial charge in [0.05, 0.1) is 0 Å². The number of carbonyl (C=O) groups is 1. The van der Waals surface area contributed by atoms with Crippen molar-refractivity contribution in [3.63, 3.8) is 0 Å². The van der Waals surface area contributed by atoms with Gasteiger partial charge in [0.15, 0.2) is 0 Å². The molecule has 18 heavy (non-hydrogen) atoms. The molecule has 0 fully saturated rings. The Kier molecular flexibility index (Phi) is 3.57. The third-order valence-electron chi connectivity index (χ3n) is 3.47. The van der Waals surface area contributed by atoms with Gasteiger partial charge in [0.2, 0.25) is 0 Å². The number of fused-ring (bicyclic) bond motifs is 1. The topological polar surface area (TPSA) is 49.8 Å². The zero-order valence-electron chi connectivity index (χ0n) is 11.0. The Morgan fingerprint density at radius 3 is 3.00 bits per heavy atom. The van der Waals surface area contributed by atoms with Crippen LogP contribution in [-0.2, 0) is 11.2 Å². The predicted molar refractivity (Wildman–Crippen MR) is 69.0 cm³/mol. The van der Waals surface area contributed by atoms with E-state index in [1.165, 1.54) is 11.1 Å². The van der Waals surface area contributed by atoms with Crippen molar-refractivity contribution in [3.8, 4) is 5.75 Å². The van der Waals surface area contributed by atoms with Gasteiger partial charge in [-0.2, -0.15) is 0 Å². The highest BCUT2D eigenvalue weighted by molar-refractivity contribution is 5.72. The Labute approximate surface area is 107 Å². The van der Waals surface area contributed by atoms with Crippen LogP contribution in [0.4, 0.5) is 0 Å². The van der Waals surface area contributed by atoms with E-state index in [4.69, 9.17) is 9.84 Å². The molecule has 0 radical (unpaired) electrons. The highest BCUT2D eigenvalue weighted by Gasteiger charge is 2.26. The molecule has 0 bridgehead atoms. The molecule has 2 rings (SSSR count). The van der Waals surface area contributed by atoms with Crippen molar-refractivity contribution in [2.24, 2.45) is 0 Å². The molecule has 0 amide bonds. The Bertz CT molecular complexity index is 458. The fraction of sp³-hybridized carbons (Fsp3) is 0.500. The molecule has 0 saturated carbocycles. The van der Waals surface area contributed by atoms with Gasteiger partial charge < -0.3 is 9.84 Å². The number of ether oxygens (including phenoxy) is 1. The van der Waals surface area contributed by atoms with Crippen LogP contribution in [0.1, 0.15) is 18.1 Å². The van der Waals surface area contributed by atoms with E-state index in [9.17, 15) is 4.79 Å². The monoisotopic (exact) mass is 249 g/mol. The molecule has 0 aliphatic carbocycles. The van der Waals surface area contributed by atoms with Gasteiger partial charge in [-0.15, -0.1) is 0 Å². The van der Waals surface area contributed by atoms with Gasteiger partial charge in [0.25, 0.3) is 0 Å². The molecule has 2 unspecified atom stereocenters. The van der Waals surface area contributed by atoms with Crippen LogP contribution in [0, 0.1) is 6.92 Å². The number of hydrogen-bond acceptors (Lipinski definition) is 3. The number of benzene rings is 1. The highest BCUT2D eigenvalue weighted by Crippen LogP contribution is 2.29. The van der Waals surface area contributed by atoms with Crippen LogP contribution in [0.3, 0.4) is 0 Å². The number of carboxylic acids is 1. The normalized spacial score (nSPS) is 19.4. The van der Waals surface area contributed by atoms with Gasteiger partial charge in [-0.25, -0.2) is 0 Å². The average Bonchev–Trinajstić information content (AvgIpc) is 2.68. The largest absolute Gasteiger partial charge is 0.488 e. The van der Waals surface area contributed by atoms with E-state index >= 15 is 0 Å². The van der Waals surface area contributed by atoms with E-state index in [1.807, 2.05) is 24.1 Å². The molecule has 2 atom stereocenters. The van der Waals surface area contributed by atoms with Crippen LogP contribution in [0.5, 0.6) is 5.75 Å². The smallest absolute Gasteiger partial charge is 0.320 e. The quantitative estimate of drug-likeness (QED) is 0.882. The van der Waals surface area contributed by atoms with Crippen molar-refractivity contribution in [2.45, 2.75) is 32.4 Å². The fourth-order valence-electron chi connectivity index (χ4n) is 2.22. The Balaban J connectivity index is 1.97. The van der Waals surface area contributed by atoms with Crippen LogP contribution in [0.15, 0.2) is 18.2 Å². The molecule has 1 N–H and O–H groups in total. The molecule has 0 aromatic heterocycles. The highest BCUT2D eigenvalue weighted by atomic mass is 16.5. The molecule has 1 aromatic rings. The summed E-state index contributed by atoms with van der Waals surface area (Å²) in [6, 6.07) is 5.67. The molecule has 1 heterocycles. The summed E-state index contributed by atoms with van der Waals surface area (Å²) >= 11 is 0. The maximum atomic E-state index is 10.9. The minimum Gasteiger partial charge on any atom is -0.488 e. The first-order valence-electron chi connectivity index (χ1n) is 6.16. The van der Waals surface area contributed by atoms with Crippen molar-refractivity contribution >= 4 is 5.97 Å². The summed E-state index contributed by atoms with van der Waals surface area (Å²) in [6.07, 6.45) is 0.904. The third-order valence-corrected chi connectivity index (χ3v) is 3.47. The summed E-state index contributed by atoms with van der Waals surface area (Å²) in [6.45, 7) is 4.38. The summed E-state index contributed by atoms with van der Waals surface area (Å²) in [5, 5.41) is 8.95. The molecule has 1 aliphatic rings. The number of likely N-dealkylation sites (N-methyl/N-ethyl adjacent to an activating group) is 1. The van der Waals surface area contributed by atoms with E-state index in [0.29, 0.717) is 6.54 Å². The van der Waals surface area contributed by atoms with Crippen LogP contribution >= 0.6 is 0 Å². The molecule has 0 saturated heterocycles. The summed E-state index contributed by atoms with van der Waals surface area (Å²) < 4.78 is 5.83. The molecule has 98 valence electrons. The third kappa shape index (κ3) is 2.64. The zero-order chi connectivity index (χ0) is 13.3. The molecule has 4 heteroatoms. The fourth-order valence-corrected chi connectivity index (χ4v) is 2.22. The van der Waals surface area contributed by atoms with Crippen molar-refractivity contribution in [3.05, 3.63) is 29.3 Å². The van der Waals surface area contributed by atoms with Crippen LogP contribution < -0.4 is 4.74 Å². The van der Waals surface area contributed by atoms with Crippen molar-refractivity contribution in [1.82, 2.24) is 4.90 Å². The lowest BCUT2D eigenvalue weighted by Gasteiger charge is -2.24. The number of rotatable bonds is 4. The molecular formula is C14H19NO3. The van der Waals surface area contributed by atoms with Gasteiger partial charge in [0, 0.05) is 13.0 Å². The van der Waals surface area contributed by atoms with Crippen LogP contribution in [0.2, 0.25) is 0 Å². The second kappa shape index (κ2) is 4.98. The summed E-state index contributed by atoms with van der Waals surface area (Å²) in [7, 11) is 1.82. The average molecular weight is 249 g/mol. The van der Waals surface area contributed by atoms with E-state index in [0.717, 1.165) is 12.2 Å². The summed E-state index contributed by atoms with van der Waals surface area (Å²) in [4.78, 5) is 12.7. The number of nitrogens with zero attached hydrogens (tertiary/aromatic N) is 1. The van der Waals surface area contributed by atoms with Gasteiger partial charge in [-0.1, -0.05) is 17.7 Å². The number of carboxylic acid groups (broad SMARTS) is 1. The molecule has 1 aromatic carbocycles. The maximum Gasteiger partial charge on any atom is 0.320 e. The van der Waals surface area contributed by atoms with Crippen molar-refractivity contribution in [2.75, 3.05) is 13.6 Å². The van der Waals surface area contributed by atoms with Gasteiger partial charge in [0.1, 0.15) is 17.9 Å². The van der Waals surface area contributed by atoms with Crippen molar-refractivity contribution in [1.29, 1.82) is 0 Å². The minimum absolute atomic E-state index is 0.0496. The lowest BCUT2D eigenvalue weighted by atomic mass is 10.1. The second-order valence-electron chi connectivity index (χ2n) is 5.01. The van der Waals surface area contributed by atoms with E-state index < -0.39 is 12.0 Å². The first-order valence-corrected chi connectivity index (χ1v) is 6.16. The first-order chi connectivity index (χ1) is 8.47. The van der Waals surface area contributed by atoms with Crippen LogP contribution in [0.25, 0.3) is 0 Å². The SMILES string of the molecule is Cc1ccc2c(c1)CC(CN(C)C(C)C(=O)O)O2. The lowest BCUT2D eigenvalue weighted by molar-refractivity contribution is -0.142. The molecule has 0 spiro atoms. The van der Waals surface area contributed by atoms with Crippen molar-refractivity contribution < 1.29 is 14.6 Å². The van der Waals surface area contributed by atoms with E-state index in [2.05, 4.69) is 13.0 Å². The Morgan fingerprint density at radius 1 is 1.61 bits per heavy atom. The molecule has 4 nitrogen and oxygen atoms in total. The Morgan fingerprint density at radius 2 is 2.33 bits per heavy atom. The van der Waals surface area contributed by atoms with Gasteiger partial charge in [-0.3, -0.25) is 9.69 Å². The standard InChI is InChI=1S/C14H19NO3/c1-9-4-5-13-11(6-9)7-12(18-13)8-15(3)10(2)14(16)17/h4-6,10,12H,7-8H2,1-3H3,(H,16,17). The summed E-state index contributed by atoms with van der Waals surface area (Å²) in [5.74, 6) is 0.130. The molecular weight excluding hydrogens is 230 g/mol. The zero-order valence-corrected chi connectivity index (χ0v) is 11.0. The van der Waals surface area contributed by atoms with Gasteiger partial charge >= 0.3 is 5.97 Å². The first kappa shape index (κ1) is 12.9. The van der Waals surface area contributed by atoms with Crippen LogP contribution in [-0.4, -0.2) is 41.7 Å². The van der Waals surface area contributed by atoms with E-state index in [-0.39, 0.29) is 6.10 Å². The second-order valence-corrected chi connectivity index (χ2v) is 5.01. The minimum atomic E-state index is -0.802. The number of aryl methyl sites for hydroxylation is 1. The Hall–Kier alpha value is -1.55. The molecule has 1 aliphatic heterocycles. The van der Waals surface area contributed by atoms with E-state index in [1.54, 1.807) is 6.92 Å². The predicted octanol–water partition coefficient (Wildman–Crippen LogP) is 1.70. The summed E-state index contributed by atoms with van der Waals surface area (Å²) in [5.41, 5.74) is 2.45. The lowest BCUT2D eigenvalue weighted by Crippen LogP contribution is -2.41. The van der Waals surface area contributed by atoms with Gasteiger partial charge in [-0.05, 0) is 32.5 Å². The number of aliphatic carboxylic acids is 1. The maximum absolute atomic E-state index is 10.9.